The first-order chi connectivity index (χ1) is 21.8. The molecule has 0 aromatic heterocycles. The average Bonchev–Trinajstić information content (AvgIpc) is 3.47. The van der Waals surface area contributed by atoms with E-state index in [0.717, 1.165) is 51.4 Å². The molecule has 1 amide bonds. The molecule has 258 valence electrons. The smallest absolute Gasteiger partial charge is 0.410 e. The van der Waals surface area contributed by atoms with Crippen LogP contribution >= 0.6 is 0 Å². The van der Waals surface area contributed by atoms with Crippen LogP contribution in [0.5, 0.6) is 5.75 Å². The van der Waals surface area contributed by atoms with Gasteiger partial charge in [-0.25, -0.2) is 4.79 Å². The number of fused-ring (bicyclic) bond motifs is 7. The molecule has 2 aliphatic heterocycles. The third-order valence-corrected chi connectivity index (χ3v) is 13.4. The Bertz CT molecular complexity index is 1280. The number of hydrogen-bond acceptors (Lipinski definition) is 5. The van der Waals surface area contributed by atoms with E-state index in [4.69, 9.17) is 14.2 Å². The molecule has 12 heteroatoms. The fourth-order valence-electron chi connectivity index (χ4n) is 9.74. The van der Waals surface area contributed by atoms with E-state index in [1.807, 2.05) is 17.0 Å². The van der Waals surface area contributed by atoms with E-state index in [0.29, 0.717) is 43.1 Å². The van der Waals surface area contributed by atoms with Crippen LogP contribution in [0.3, 0.4) is 0 Å². The molecule has 9 atom stereocenters. The number of halogens is 5. The molecule has 2 saturated heterocycles. The van der Waals surface area contributed by atoms with E-state index in [1.54, 1.807) is 7.11 Å². The van der Waals surface area contributed by atoms with Gasteiger partial charge >= 0.3 is 18.2 Å². The van der Waals surface area contributed by atoms with E-state index in [1.165, 1.54) is 11.1 Å². The second kappa shape index (κ2) is 13.3. The average molecular weight is 676 g/mol. The summed E-state index contributed by atoms with van der Waals surface area (Å²) in [4.78, 5) is 15.0. The van der Waals surface area contributed by atoms with Crippen molar-refractivity contribution in [2.24, 2.45) is 23.2 Å². The Morgan fingerprint density at radius 2 is 1.76 bits per heavy atom. The van der Waals surface area contributed by atoms with Crippen molar-refractivity contribution in [3.05, 3.63) is 29.3 Å². The van der Waals surface area contributed by atoms with Gasteiger partial charge in [-0.3, -0.25) is 9.11 Å². The second-order valence-corrected chi connectivity index (χ2v) is 16.2. The Kier molecular flexibility index (Phi) is 9.82. The maximum Gasteiger partial charge on any atom is 0.453 e. The predicted molar refractivity (Wildman–Crippen MR) is 164 cm³/mol. The summed E-state index contributed by atoms with van der Waals surface area (Å²) >= 11 is 0. The number of morpholine rings is 1. The molecule has 2 heterocycles. The van der Waals surface area contributed by atoms with Gasteiger partial charge in [-0.1, -0.05) is 13.0 Å². The number of alkyl halides is 5. The maximum atomic E-state index is 13.3. The predicted octanol–water partition coefficient (Wildman–Crippen LogP) is 7.65. The lowest BCUT2D eigenvalue weighted by atomic mass is 9.52. The van der Waals surface area contributed by atoms with Crippen LogP contribution in [0, 0.1) is 23.2 Å². The molecule has 0 N–H and O–H groups in total. The van der Waals surface area contributed by atoms with Crippen LogP contribution in [0.25, 0.3) is 0 Å². The normalized spacial score (nSPS) is 34.5. The summed E-state index contributed by atoms with van der Waals surface area (Å²) in [5.41, 5.74) is 2.55. The van der Waals surface area contributed by atoms with Crippen LogP contribution in [-0.2, 0) is 26.7 Å². The Balaban J connectivity index is 1.14. The molecule has 3 aliphatic carbocycles. The first-order valence-corrected chi connectivity index (χ1v) is 18.3. The monoisotopic (exact) mass is 675 g/mol. The Morgan fingerprint density at radius 1 is 1.04 bits per heavy atom. The Morgan fingerprint density at radius 3 is 2.46 bits per heavy atom. The summed E-state index contributed by atoms with van der Waals surface area (Å²) in [7, 11) is 0.328. The van der Waals surface area contributed by atoms with Crippen molar-refractivity contribution < 1.29 is 45.2 Å². The largest absolute Gasteiger partial charge is 0.453 e. The SMILES string of the molecule is CO[C@H]1CC[C@H]2[C@@H]3[C@H](CCCS(=O)CCCC(F)(F)C(F)(F)F)Cc4cc(OC(=O)N5C6CCC5COC6)ccc4[C@H]3CC[C@]12C. The molecule has 6 nitrogen and oxygen atoms in total. The summed E-state index contributed by atoms with van der Waals surface area (Å²) in [5, 5.41) is 0. The molecule has 1 aromatic carbocycles. The number of methoxy groups -OCH3 is 1. The summed E-state index contributed by atoms with van der Waals surface area (Å²) in [6.45, 7) is 3.43. The van der Waals surface area contributed by atoms with E-state index in [2.05, 4.69) is 13.0 Å². The number of ether oxygens (including phenoxy) is 3. The quantitative estimate of drug-likeness (QED) is 0.239. The van der Waals surface area contributed by atoms with Gasteiger partial charge in [0.1, 0.15) is 5.75 Å². The highest BCUT2D eigenvalue weighted by Crippen LogP contribution is 2.63. The zero-order chi connectivity index (χ0) is 32.9. The van der Waals surface area contributed by atoms with Crippen molar-refractivity contribution in [2.75, 3.05) is 31.8 Å². The Labute approximate surface area is 270 Å². The lowest BCUT2D eigenvalue weighted by molar-refractivity contribution is -0.284. The van der Waals surface area contributed by atoms with E-state index >= 15 is 0 Å². The van der Waals surface area contributed by atoms with Gasteiger partial charge in [-0.2, -0.15) is 22.0 Å². The van der Waals surface area contributed by atoms with Crippen molar-refractivity contribution >= 4 is 16.9 Å². The van der Waals surface area contributed by atoms with E-state index in [9.17, 15) is 31.0 Å². The summed E-state index contributed by atoms with van der Waals surface area (Å²) in [5.74, 6) is -2.61. The van der Waals surface area contributed by atoms with Crippen molar-refractivity contribution in [2.45, 2.75) is 114 Å². The molecule has 0 radical (unpaired) electrons. The minimum absolute atomic E-state index is 0.0552. The molecule has 0 spiro atoms. The van der Waals surface area contributed by atoms with Crippen LogP contribution in [-0.4, -0.2) is 77.3 Å². The fraction of sp³-hybridized carbons (Fsp3) is 0.794. The lowest BCUT2D eigenvalue weighted by Crippen LogP contribution is -2.50. The summed E-state index contributed by atoms with van der Waals surface area (Å²) in [6, 6.07) is 6.18. The molecule has 1 aromatic rings. The highest BCUT2D eigenvalue weighted by atomic mass is 32.2. The second-order valence-electron chi connectivity index (χ2n) is 14.5. The molecule has 46 heavy (non-hydrogen) atoms. The minimum atomic E-state index is -5.58. The van der Waals surface area contributed by atoms with E-state index in [-0.39, 0.29) is 47.1 Å². The fourth-order valence-corrected chi connectivity index (χ4v) is 10.9. The van der Waals surface area contributed by atoms with Crippen molar-refractivity contribution in [1.82, 2.24) is 4.90 Å². The number of hydrogen-bond donors (Lipinski definition) is 0. The zero-order valence-corrected chi connectivity index (χ0v) is 27.5. The highest BCUT2D eigenvalue weighted by Gasteiger charge is 2.58. The highest BCUT2D eigenvalue weighted by molar-refractivity contribution is 7.84. The van der Waals surface area contributed by atoms with Gasteiger partial charge in [0.15, 0.2) is 0 Å². The van der Waals surface area contributed by atoms with E-state index < -0.39 is 35.7 Å². The minimum Gasteiger partial charge on any atom is -0.410 e. The first kappa shape index (κ1) is 34.1. The molecule has 6 rings (SSSR count). The summed E-state index contributed by atoms with van der Waals surface area (Å²) in [6.07, 6.45) is 0.729. The molecule has 2 saturated carbocycles. The van der Waals surface area contributed by atoms with Crippen LogP contribution in [0.4, 0.5) is 26.7 Å². The molecule has 2 bridgehead atoms. The number of amides is 1. The summed E-state index contributed by atoms with van der Waals surface area (Å²) < 4.78 is 94.3. The van der Waals surface area contributed by atoms with Gasteiger partial charge in [0.25, 0.3) is 0 Å². The molecular weight excluding hydrogens is 629 g/mol. The topological polar surface area (TPSA) is 65.1 Å². The molecule has 5 aliphatic rings. The Hall–Kier alpha value is -1.79. The van der Waals surface area contributed by atoms with Gasteiger partial charge < -0.3 is 14.2 Å². The van der Waals surface area contributed by atoms with Gasteiger partial charge in [-0.15, -0.1) is 0 Å². The van der Waals surface area contributed by atoms with Crippen molar-refractivity contribution in [3.8, 4) is 5.75 Å². The van der Waals surface area contributed by atoms with Crippen LogP contribution in [0.15, 0.2) is 18.2 Å². The van der Waals surface area contributed by atoms with Crippen LogP contribution in [0.2, 0.25) is 0 Å². The number of carbonyl (C=O) groups excluding carboxylic acids is 1. The van der Waals surface area contributed by atoms with Gasteiger partial charge in [-0.05, 0) is 117 Å². The van der Waals surface area contributed by atoms with Gasteiger partial charge in [0, 0.05) is 35.8 Å². The van der Waals surface area contributed by atoms with Crippen LogP contribution in [0.1, 0.15) is 88.2 Å². The lowest BCUT2D eigenvalue weighted by Gasteiger charge is -2.53. The number of benzene rings is 1. The molecule has 4 fully saturated rings. The van der Waals surface area contributed by atoms with Crippen molar-refractivity contribution in [1.29, 1.82) is 0 Å². The third-order valence-electron chi connectivity index (χ3n) is 12.0. The van der Waals surface area contributed by atoms with Crippen molar-refractivity contribution in [3.63, 3.8) is 0 Å². The number of rotatable bonds is 10. The molecular formula is C34H46F5NO5S. The third kappa shape index (κ3) is 6.48. The number of nitrogens with zero attached hydrogens (tertiary/aromatic N) is 1. The zero-order valence-electron chi connectivity index (χ0n) is 26.7. The molecule has 3 unspecified atom stereocenters. The van der Waals surface area contributed by atoms with Crippen LogP contribution < -0.4 is 4.74 Å². The first-order valence-electron chi connectivity index (χ1n) is 16.9. The van der Waals surface area contributed by atoms with Gasteiger partial charge in [0.2, 0.25) is 0 Å². The standard InChI is InChI=1S/C34H46F5NO5S/c1-32-14-12-27-26-9-8-25(45-31(41)40-23-6-7-24(40)20-44-19-23)18-22(26)17-21(30(27)28(32)10-11-29(32)43-2)5-3-15-46(42)16-4-13-33(35,36)34(37,38)39/h8-9,18,21,23-24,27-30H,3-7,10-17,19-20H2,1-2H3/t21-,23?,24?,27-,28+,29+,30-,32+,46?/m1/s1. The maximum absolute atomic E-state index is 13.3. The number of carbonyl (C=O) groups is 1. The van der Waals surface area contributed by atoms with Gasteiger partial charge in [0.05, 0.1) is 31.4 Å².